The number of aromatic hydroxyl groups is 1. The summed E-state index contributed by atoms with van der Waals surface area (Å²) in [6, 6.07) is 30.7. The molecule has 0 unspecified atom stereocenters. The van der Waals surface area contributed by atoms with Gasteiger partial charge in [-0.15, -0.1) is 0 Å². The normalized spacial score (nSPS) is 19.0. The van der Waals surface area contributed by atoms with Crippen LogP contribution in [0.2, 0.25) is 0 Å². The summed E-state index contributed by atoms with van der Waals surface area (Å²) in [4.78, 5) is 52.6. The number of benzene rings is 4. The maximum atomic E-state index is 13.5. The second-order valence-electron chi connectivity index (χ2n) is 9.96. The fourth-order valence-electron chi connectivity index (χ4n) is 4.58. The van der Waals surface area contributed by atoms with E-state index in [0.29, 0.717) is 5.69 Å². The number of hydrogen-bond acceptors (Lipinski definition) is 10. The zero-order valence-corrected chi connectivity index (χ0v) is 23.9. The molecule has 4 aromatic carbocycles. The highest BCUT2D eigenvalue weighted by atomic mass is 16.7. The second kappa shape index (κ2) is 14.6. The highest BCUT2D eigenvalue weighted by Gasteiger charge is 2.52. The van der Waals surface area contributed by atoms with E-state index in [-0.39, 0.29) is 22.4 Å². The van der Waals surface area contributed by atoms with Crippen LogP contribution in [0.1, 0.15) is 31.1 Å². The summed E-state index contributed by atoms with van der Waals surface area (Å²) in [5, 5.41) is 12.4. The van der Waals surface area contributed by atoms with Crippen molar-refractivity contribution in [1.29, 1.82) is 0 Å². The first-order valence-corrected chi connectivity index (χ1v) is 14.0. The fraction of sp³-hybridized carbons (Fsp3) is 0.143. The van der Waals surface area contributed by atoms with Crippen molar-refractivity contribution in [2.45, 2.75) is 24.4 Å². The van der Waals surface area contributed by atoms with Gasteiger partial charge in [-0.3, -0.25) is 4.79 Å². The molecule has 10 nitrogen and oxygen atoms in total. The lowest BCUT2D eigenvalue weighted by molar-refractivity contribution is -0.129. The molecule has 228 valence electrons. The predicted octanol–water partition coefficient (Wildman–Crippen LogP) is 4.96. The van der Waals surface area contributed by atoms with Crippen LogP contribution in [0.25, 0.3) is 0 Å². The van der Waals surface area contributed by atoms with Gasteiger partial charge in [0.05, 0.1) is 16.7 Å². The molecule has 0 aliphatic carbocycles. The molecule has 5 rings (SSSR count). The first-order chi connectivity index (χ1) is 21.9. The van der Waals surface area contributed by atoms with E-state index >= 15 is 0 Å². The highest BCUT2D eigenvalue weighted by Crippen LogP contribution is 2.30. The van der Waals surface area contributed by atoms with Gasteiger partial charge in [0.15, 0.2) is 24.1 Å². The number of ketones is 1. The molecule has 10 heteroatoms. The van der Waals surface area contributed by atoms with Crippen LogP contribution in [0.4, 0.5) is 5.69 Å². The number of anilines is 1. The van der Waals surface area contributed by atoms with Gasteiger partial charge in [0.2, 0.25) is 0 Å². The number of hydrogen-bond donors (Lipinski definition) is 2. The lowest BCUT2D eigenvalue weighted by Gasteiger charge is -2.24. The van der Waals surface area contributed by atoms with Gasteiger partial charge in [0, 0.05) is 18.0 Å². The molecule has 4 aromatic rings. The molecule has 0 bridgehead atoms. The van der Waals surface area contributed by atoms with Gasteiger partial charge in [-0.05, 0) is 60.7 Å². The topological polar surface area (TPSA) is 137 Å². The van der Waals surface area contributed by atoms with Crippen molar-refractivity contribution < 1.29 is 43.2 Å². The Labute approximate surface area is 258 Å². The quantitative estimate of drug-likeness (QED) is 0.104. The lowest BCUT2D eigenvalue weighted by Crippen LogP contribution is -2.43. The number of esters is 3. The van der Waals surface area contributed by atoms with Crippen molar-refractivity contribution in [2.75, 3.05) is 11.9 Å². The van der Waals surface area contributed by atoms with E-state index in [2.05, 4.69) is 5.32 Å². The molecule has 0 spiro atoms. The number of phenols is 1. The number of rotatable bonds is 11. The van der Waals surface area contributed by atoms with Crippen molar-refractivity contribution in [3.8, 4) is 5.75 Å². The minimum Gasteiger partial charge on any atom is -0.508 e. The molecular formula is C35H29NO9. The van der Waals surface area contributed by atoms with E-state index in [4.69, 9.17) is 18.9 Å². The third-order valence-electron chi connectivity index (χ3n) is 6.85. The number of nitrogens with one attached hydrogen (secondary N) is 1. The van der Waals surface area contributed by atoms with Crippen LogP contribution in [-0.4, -0.2) is 59.8 Å². The van der Waals surface area contributed by atoms with E-state index in [1.54, 1.807) is 103 Å². The Morgan fingerprint density at radius 2 is 1.16 bits per heavy atom. The molecule has 2 N–H and O–H groups in total. The third-order valence-corrected chi connectivity index (χ3v) is 6.85. The summed E-state index contributed by atoms with van der Waals surface area (Å²) in [5.74, 6) is -2.70. The predicted molar refractivity (Wildman–Crippen MR) is 163 cm³/mol. The van der Waals surface area contributed by atoms with Crippen LogP contribution < -0.4 is 5.32 Å². The number of ether oxygens (including phenoxy) is 4. The average molecular weight is 608 g/mol. The van der Waals surface area contributed by atoms with Gasteiger partial charge in [0.1, 0.15) is 18.5 Å². The third kappa shape index (κ3) is 8.01. The minimum atomic E-state index is -1.41. The first kappa shape index (κ1) is 30.7. The van der Waals surface area contributed by atoms with E-state index in [0.717, 1.165) is 0 Å². The van der Waals surface area contributed by atoms with Crippen LogP contribution in [0.5, 0.6) is 5.75 Å². The van der Waals surface area contributed by atoms with Crippen LogP contribution >= 0.6 is 0 Å². The smallest absolute Gasteiger partial charge is 0.338 e. The second-order valence-corrected chi connectivity index (χ2v) is 9.96. The maximum absolute atomic E-state index is 13.5. The van der Waals surface area contributed by atoms with E-state index < -0.39 is 54.7 Å². The van der Waals surface area contributed by atoms with Crippen LogP contribution in [0.15, 0.2) is 128 Å². The molecule has 0 radical (unpaired) electrons. The Kier molecular flexibility index (Phi) is 9.98. The van der Waals surface area contributed by atoms with Crippen molar-refractivity contribution in [1.82, 2.24) is 0 Å². The molecule has 45 heavy (non-hydrogen) atoms. The van der Waals surface area contributed by atoms with Crippen LogP contribution in [0, 0.1) is 0 Å². The Balaban J connectivity index is 1.42. The standard InChI is InChI=1S/C35H29NO9/c37-27-18-16-26(17-19-27)36-21-20-28(38)30-32(45-35(41)25-14-8-3-9-15-25)31(44-34(40)24-12-6-2-7-13-24)29(43-30)22-42-33(39)23-10-4-1-5-11-23/h1-21,29-32,36-37H,22H2/b21-20-/t29-,30+,31-,32+/m1/s1. The Morgan fingerprint density at radius 3 is 1.69 bits per heavy atom. The highest BCUT2D eigenvalue weighted by molar-refractivity contribution is 5.96. The summed E-state index contributed by atoms with van der Waals surface area (Å²) < 4.78 is 23.1. The van der Waals surface area contributed by atoms with Crippen LogP contribution in [0.3, 0.4) is 0 Å². The molecule has 1 aliphatic rings. The molecule has 1 fully saturated rings. The summed E-state index contributed by atoms with van der Waals surface area (Å²) in [6.07, 6.45) is -2.73. The molecule has 1 saturated heterocycles. The number of carbonyl (C=O) groups excluding carboxylic acids is 4. The zero-order chi connectivity index (χ0) is 31.6. The largest absolute Gasteiger partial charge is 0.508 e. The summed E-state index contributed by atoms with van der Waals surface area (Å²) in [6.45, 7) is -0.404. The fourth-order valence-corrected chi connectivity index (χ4v) is 4.58. The molecule has 0 amide bonds. The number of phenolic OH excluding ortho intramolecular Hbond substituents is 1. The van der Waals surface area contributed by atoms with Crippen molar-refractivity contribution in [3.63, 3.8) is 0 Å². The van der Waals surface area contributed by atoms with Crippen LogP contribution in [-0.2, 0) is 23.7 Å². The zero-order valence-electron chi connectivity index (χ0n) is 23.9. The van der Waals surface area contributed by atoms with E-state index in [1.165, 1.54) is 24.4 Å². The monoisotopic (exact) mass is 607 g/mol. The Bertz CT molecular complexity index is 1640. The van der Waals surface area contributed by atoms with Crippen molar-refractivity contribution >= 4 is 29.4 Å². The van der Waals surface area contributed by atoms with Gasteiger partial charge in [-0.1, -0.05) is 54.6 Å². The lowest BCUT2D eigenvalue weighted by atomic mass is 10.0. The number of carbonyl (C=O) groups is 4. The molecule has 4 atom stereocenters. The first-order valence-electron chi connectivity index (χ1n) is 14.0. The van der Waals surface area contributed by atoms with Crippen molar-refractivity contribution in [2.24, 2.45) is 0 Å². The Morgan fingerprint density at radius 1 is 0.667 bits per heavy atom. The molecule has 1 heterocycles. The average Bonchev–Trinajstić information content (AvgIpc) is 3.41. The van der Waals surface area contributed by atoms with Gasteiger partial charge in [0.25, 0.3) is 0 Å². The van der Waals surface area contributed by atoms with E-state index in [1.807, 2.05) is 0 Å². The summed E-state index contributed by atoms with van der Waals surface area (Å²) in [7, 11) is 0. The molecular weight excluding hydrogens is 578 g/mol. The summed E-state index contributed by atoms with van der Waals surface area (Å²) >= 11 is 0. The van der Waals surface area contributed by atoms with Crippen molar-refractivity contribution in [3.05, 3.63) is 144 Å². The Hall–Kier alpha value is -5.74. The van der Waals surface area contributed by atoms with Gasteiger partial charge in [-0.25, -0.2) is 14.4 Å². The molecule has 0 aromatic heterocycles. The van der Waals surface area contributed by atoms with Gasteiger partial charge in [-0.2, -0.15) is 0 Å². The SMILES string of the molecule is O=C(OC[C@H]1O[C@@H](C(=O)/C=C\Nc2ccc(O)cc2)[C@H](OC(=O)c2ccccc2)[C@@H]1OC(=O)c1ccccc1)c1ccccc1. The molecule has 0 saturated carbocycles. The molecule has 1 aliphatic heterocycles. The summed E-state index contributed by atoms with van der Waals surface area (Å²) in [5.41, 5.74) is 1.31. The van der Waals surface area contributed by atoms with Gasteiger partial charge < -0.3 is 29.4 Å². The van der Waals surface area contributed by atoms with Gasteiger partial charge >= 0.3 is 17.9 Å². The van der Waals surface area contributed by atoms with E-state index in [9.17, 15) is 24.3 Å². The minimum absolute atomic E-state index is 0.0816. The maximum Gasteiger partial charge on any atom is 0.338 e.